The summed E-state index contributed by atoms with van der Waals surface area (Å²) in [7, 11) is 0. The molecule has 98 valence electrons. The van der Waals surface area contributed by atoms with Crippen molar-refractivity contribution < 1.29 is 9.90 Å². The molecule has 1 aromatic heterocycles. The lowest BCUT2D eigenvalue weighted by atomic mass is 10.2. The third-order valence-electron chi connectivity index (χ3n) is 2.58. The summed E-state index contributed by atoms with van der Waals surface area (Å²) in [6, 6.07) is 5.97. The van der Waals surface area contributed by atoms with E-state index in [4.69, 9.17) is 11.6 Å². The first-order chi connectivity index (χ1) is 8.97. The Morgan fingerprint density at radius 2 is 2.11 bits per heavy atom. The van der Waals surface area contributed by atoms with Gasteiger partial charge in [-0.25, -0.2) is 0 Å². The van der Waals surface area contributed by atoms with Crippen LogP contribution in [0.5, 0.6) is 5.75 Å². The van der Waals surface area contributed by atoms with Crippen molar-refractivity contribution in [3.63, 3.8) is 0 Å². The van der Waals surface area contributed by atoms with Gasteiger partial charge in [-0.3, -0.25) is 9.59 Å². The van der Waals surface area contributed by atoms with E-state index in [9.17, 15) is 14.7 Å². The number of aromatic nitrogens is 1. The lowest BCUT2D eigenvalue weighted by Gasteiger charge is -2.09. The number of anilines is 1. The Kier molecular flexibility index (Phi) is 3.57. The molecule has 5 nitrogen and oxygen atoms in total. The van der Waals surface area contributed by atoms with E-state index in [2.05, 4.69) is 10.3 Å². The number of halogens is 1. The van der Waals surface area contributed by atoms with Gasteiger partial charge in [-0.2, -0.15) is 0 Å². The molecule has 1 aromatic carbocycles. The molecule has 0 radical (unpaired) electrons. The molecule has 0 unspecified atom stereocenters. The molecule has 0 bridgehead atoms. The summed E-state index contributed by atoms with van der Waals surface area (Å²) in [5.41, 5.74) is 0.899. The van der Waals surface area contributed by atoms with Crippen LogP contribution in [0.1, 0.15) is 15.9 Å². The largest absolute Gasteiger partial charge is 0.507 e. The number of hydrogen-bond donors (Lipinski definition) is 3. The predicted octanol–water partition coefficient (Wildman–Crippen LogP) is 2.29. The molecule has 0 fully saturated rings. The third kappa shape index (κ3) is 2.95. The highest BCUT2D eigenvalue weighted by molar-refractivity contribution is 6.30. The monoisotopic (exact) mass is 278 g/mol. The minimum atomic E-state index is -0.515. The van der Waals surface area contributed by atoms with E-state index < -0.39 is 11.5 Å². The lowest BCUT2D eigenvalue weighted by Crippen LogP contribution is -2.15. The Morgan fingerprint density at radius 3 is 2.74 bits per heavy atom. The van der Waals surface area contributed by atoms with Crippen molar-refractivity contribution in [2.24, 2.45) is 0 Å². The number of aromatic hydroxyl groups is 1. The number of H-pyrrole nitrogens is 1. The van der Waals surface area contributed by atoms with E-state index in [0.717, 1.165) is 17.8 Å². The van der Waals surface area contributed by atoms with E-state index >= 15 is 0 Å². The molecule has 1 heterocycles. The molecule has 0 aliphatic carbocycles. The fraction of sp³-hybridized carbons (Fsp3) is 0.0769. The number of carbonyl (C=O) groups excluding carboxylic acids is 1. The number of rotatable bonds is 2. The maximum Gasteiger partial charge on any atom is 0.260 e. The highest BCUT2D eigenvalue weighted by Crippen LogP contribution is 2.21. The first-order valence-electron chi connectivity index (χ1n) is 5.46. The van der Waals surface area contributed by atoms with Gasteiger partial charge in [0.25, 0.3) is 11.5 Å². The molecule has 0 aliphatic rings. The molecule has 0 spiro atoms. The average molecular weight is 279 g/mol. The number of pyridine rings is 1. The Morgan fingerprint density at radius 1 is 1.37 bits per heavy atom. The van der Waals surface area contributed by atoms with Crippen LogP contribution in [0.25, 0.3) is 0 Å². The summed E-state index contributed by atoms with van der Waals surface area (Å²) in [5, 5.41) is 12.8. The van der Waals surface area contributed by atoms with Crippen molar-refractivity contribution in [3.05, 3.63) is 57.0 Å². The van der Waals surface area contributed by atoms with Crippen LogP contribution in [0.3, 0.4) is 0 Å². The van der Waals surface area contributed by atoms with Crippen LogP contribution in [-0.2, 0) is 0 Å². The number of aromatic amines is 1. The Labute approximate surface area is 113 Å². The normalized spacial score (nSPS) is 10.2. The van der Waals surface area contributed by atoms with Crippen LogP contribution < -0.4 is 10.9 Å². The topological polar surface area (TPSA) is 82.2 Å². The van der Waals surface area contributed by atoms with E-state index in [0.29, 0.717) is 10.7 Å². The summed E-state index contributed by atoms with van der Waals surface area (Å²) in [4.78, 5) is 25.2. The van der Waals surface area contributed by atoms with E-state index in [1.807, 2.05) is 0 Å². The van der Waals surface area contributed by atoms with Crippen molar-refractivity contribution in [2.45, 2.75) is 6.92 Å². The second-order valence-electron chi connectivity index (χ2n) is 4.01. The van der Waals surface area contributed by atoms with Gasteiger partial charge in [-0.05, 0) is 30.7 Å². The number of benzene rings is 1. The predicted molar refractivity (Wildman–Crippen MR) is 72.9 cm³/mol. The van der Waals surface area contributed by atoms with Gasteiger partial charge in [0.05, 0.1) is 5.56 Å². The maximum atomic E-state index is 12.0. The fourth-order valence-corrected chi connectivity index (χ4v) is 1.83. The Balaban J connectivity index is 2.28. The molecular weight excluding hydrogens is 268 g/mol. The van der Waals surface area contributed by atoms with Gasteiger partial charge in [0, 0.05) is 23.0 Å². The average Bonchev–Trinajstić information content (AvgIpc) is 2.32. The number of hydrogen-bond acceptors (Lipinski definition) is 3. The van der Waals surface area contributed by atoms with Gasteiger partial charge in [-0.15, -0.1) is 0 Å². The summed E-state index contributed by atoms with van der Waals surface area (Å²) < 4.78 is 0. The van der Waals surface area contributed by atoms with E-state index in [1.165, 1.54) is 0 Å². The maximum absolute atomic E-state index is 12.0. The van der Waals surface area contributed by atoms with E-state index in [-0.39, 0.29) is 11.3 Å². The molecular formula is C13H11ClN2O3. The van der Waals surface area contributed by atoms with Crippen LogP contribution in [0.4, 0.5) is 5.69 Å². The molecule has 0 atom stereocenters. The van der Waals surface area contributed by atoms with Crippen molar-refractivity contribution in [2.75, 3.05) is 5.32 Å². The Bertz CT molecular complexity index is 695. The van der Waals surface area contributed by atoms with Gasteiger partial charge < -0.3 is 15.4 Å². The van der Waals surface area contributed by atoms with Gasteiger partial charge in [-0.1, -0.05) is 11.6 Å². The van der Waals surface area contributed by atoms with Gasteiger partial charge in [0.2, 0.25) is 0 Å². The zero-order valence-corrected chi connectivity index (χ0v) is 10.8. The summed E-state index contributed by atoms with van der Waals surface area (Å²) >= 11 is 5.82. The summed E-state index contributed by atoms with van der Waals surface area (Å²) in [6.45, 7) is 1.80. The van der Waals surface area contributed by atoms with Crippen LogP contribution in [0.15, 0.2) is 35.3 Å². The van der Waals surface area contributed by atoms with Gasteiger partial charge >= 0.3 is 0 Å². The smallest absolute Gasteiger partial charge is 0.260 e. The molecule has 1 amide bonds. The van der Waals surface area contributed by atoms with Gasteiger partial charge in [0.1, 0.15) is 5.75 Å². The second kappa shape index (κ2) is 5.16. The van der Waals surface area contributed by atoms with Crippen LogP contribution >= 0.6 is 11.6 Å². The molecule has 0 aliphatic heterocycles. The number of carbonyl (C=O) groups is 1. The molecule has 2 aromatic rings. The minimum absolute atomic E-state index is 0.00560. The SMILES string of the molecule is Cc1cc(Cl)ccc1NC(=O)c1c[nH]c(=O)cc1O. The first kappa shape index (κ1) is 13.2. The van der Waals surface area contributed by atoms with Crippen LogP contribution in [-0.4, -0.2) is 16.0 Å². The van der Waals surface area contributed by atoms with Crippen molar-refractivity contribution in [3.8, 4) is 5.75 Å². The zero-order chi connectivity index (χ0) is 14.0. The third-order valence-corrected chi connectivity index (χ3v) is 2.82. The number of aryl methyl sites for hydroxylation is 1. The molecule has 0 saturated heterocycles. The second-order valence-corrected chi connectivity index (χ2v) is 4.45. The van der Waals surface area contributed by atoms with Crippen LogP contribution in [0.2, 0.25) is 5.02 Å². The molecule has 0 saturated carbocycles. The zero-order valence-electron chi connectivity index (χ0n) is 10.0. The first-order valence-corrected chi connectivity index (χ1v) is 5.84. The van der Waals surface area contributed by atoms with Crippen molar-refractivity contribution in [1.82, 2.24) is 4.98 Å². The summed E-state index contributed by atoms with van der Waals surface area (Å²) in [6.07, 6.45) is 1.16. The van der Waals surface area contributed by atoms with Crippen LogP contribution in [0, 0.1) is 6.92 Å². The van der Waals surface area contributed by atoms with Crippen molar-refractivity contribution in [1.29, 1.82) is 0 Å². The molecule has 19 heavy (non-hydrogen) atoms. The molecule has 2 rings (SSSR count). The van der Waals surface area contributed by atoms with E-state index in [1.54, 1.807) is 25.1 Å². The fourth-order valence-electron chi connectivity index (χ4n) is 1.60. The number of amides is 1. The van der Waals surface area contributed by atoms with Gasteiger partial charge in [0.15, 0.2) is 0 Å². The summed E-state index contributed by atoms with van der Waals surface area (Å²) in [5.74, 6) is -0.882. The number of nitrogens with one attached hydrogen (secondary N) is 2. The molecule has 6 heteroatoms. The highest BCUT2D eigenvalue weighted by atomic mass is 35.5. The quantitative estimate of drug-likeness (QED) is 0.788. The minimum Gasteiger partial charge on any atom is -0.507 e. The standard InChI is InChI=1S/C13H11ClN2O3/c1-7-4-8(14)2-3-10(7)16-13(19)9-6-15-12(18)5-11(9)17/h2-6H,1H3,(H,16,19)(H2,15,17,18). The lowest BCUT2D eigenvalue weighted by molar-refractivity contribution is 0.102. The molecule has 3 N–H and O–H groups in total. The highest BCUT2D eigenvalue weighted by Gasteiger charge is 2.12. The van der Waals surface area contributed by atoms with Crippen molar-refractivity contribution >= 4 is 23.2 Å². The Hall–Kier alpha value is -2.27.